The minimum Gasteiger partial charge on any atom is -0.484 e. The van der Waals surface area contributed by atoms with Gasteiger partial charge in [0, 0.05) is 5.69 Å². The molecule has 1 aliphatic rings. The summed E-state index contributed by atoms with van der Waals surface area (Å²) in [6, 6.07) is 14.0. The summed E-state index contributed by atoms with van der Waals surface area (Å²) in [4.78, 5) is 16.3. The smallest absolute Gasteiger partial charge is 0.258 e. The molecule has 0 spiro atoms. The first kappa shape index (κ1) is 17.5. The zero-order valence-electron chi connectivity index (χ0n) is 14.8. The van der Waals surface area contributed by atoms with Gasteiger partial charge in [-0.2, -0.15) is 0 Å². The Kier molecular flexibility index (Phi) is 6.04. The minimum atomic E-state index is -0.139. The Morgan fingerprint density at radius 2 is 1.88 bits per heavy atom. The summed E-state index contributed by atoms with van der Waals surface area (Å²) < 4.78 is 5.59. The Morgan fingerprint density at radius 3 is 2.60 bits per heavy atom. The lowest BCUT2D eigenvalue weighted by Crippen LogP contribution is -2.28. The molecule has 2 aromatic rings. The van der Waals surface area contributed by atoms with Gasteiger partial charge in [0.2, 0.25) is 0 Å². The Labute approximate surface area is 149 Å². The number of ether oxygens (including phenoxy) is 1. The molecule has 3 rings (SSSR count). The van der Waals surface area contributed by atoms with E-state index in [2.05, 4.69) is 22.4 Å². The molecule has 1 amide bonds. The van der Waals surface area contributed by atoms with E-state index in [1.807, 2.05) is 37.3 Å². The molecule has 4 heteroatoms. The van der Waals surface area contributed by atoms with E-state index in [0.717, 1.165) is 17.1 Å². The van der Waals surface area contributed by atoms with E-state index in [9.17, 15) is 4.79 Å². The van der Waals surface area contributed by atoms with Crippen molar-refractivity contribution in [2.45, 2.75) is 51.5 Å². The molecule has 1 aromatic heterocycles. The summed E-state index contributed by atoms with van der Waals surface area (Å²) in [6.07, 6.45) is 6.61. The SMILES string of the molecule is Cc1cccc(CNC(=O)COc2ccc(C3CCCCC3)cc2)n1. The van der Waals surface area contributed by atoms with Gasteiger partial charge in [0.25, 0.3) is 5.91 Å². The van der Waals surface area contributed by atoms with Crippen LogP contribution < -0.4 is 10.1 Å². The predicted molar refractivity (Wildman–Crippen MR) is 98.6 cm³/mol. The lowest BCUT2D eigenvalue weighted by atomic mass is 9.84. The summed E-state index contributed by atoms with van der Waals surface area (Å²) in [5, 5.41) is 2.83. The van der Waals surface area contributed by atoms with Crippen molar-refractivity contribution in [2.75, 3.05) is 6.61 Å². The van der Waals surface area contributed by atoms with Crippen molar-refractivity contribution in [3.8, 4) is 5.75 Å². The van der Waals surface area contributed by atoms with Gasteiger partial charge in [-0.05, 0) is 55.5 Å². The van der Waals surface area contributed by atoms with Crippen LogP contribution in [0, 0.1) is 6.92 Å². The lowest BCUT2D eigenvalue weighted by Gasteiger charge is -2.22. The molecule has 1 N–H and O–H groups in total. The molecule has 25 heavy (non-hydrogen) atoms. The van der Waals surface area contributed by atoms with E-state index in [1.54, 1.807) is 0 Å². The molecule has 1 heterocycles. The minimum absolute atomic E-state index is 0.0224. The molecular formula is C21H26N2O2. The Bertz CT molecular complexity index is 691. The Hall–Kier alpha value is -2.36. The number of rotatable bonds is 6. The van der Waals surface area contributed by atoms with Crippen LogP contribution >= 0.6 is 0 Å². The van der Waals surface area contributed by atoms with Crippen LogP contribution in [-0.4, -0.2) is 17.5 Å². The van der Waals surface area contributed by atoms with Crippen molar-refractivity contribution in [1.29, 1.82) is 0 Å². The van der Waals surface area contributed by atoms with E-state index >= 15 is 0 Å². The van der Waals surface area contributed by atoms with Crippen LogP contribution in [0.3, 0.4) is 0 Å². The average molecular weight is 338 g/mol. The number of aromatic nitrogens is 1. The van der Waals surface area contributed by atoms with Gasteiger partial charge in [0.15, 0.2) is 6.61 Å². The topological polar surface area (TPSA) is 51.2 Å². The highest BCUT2D eigenvalue weighted by Crippen LogP contribution is 2.33. The fourth-order valence-corrected chi connectivity index (χ4v) is 3.36. The van der Waals surface area contributed by atoms with E-state index in [0.29, 0.717) is 12.5 Å². The molecule has 0 radical (unpaired) electrons. The number of nitrogens with zero attached hydrogens (tertiary/aromatic N) is 1. The van der Waals surface area contributed by atoms with Gasteiger partial charge in [0.05, 0.1) is 12.2 Å². The first-order chi connectivity index (χ1) is 12.2. The normalized spacial score (nSPS) is 14.9. The molecule has 0 bridgehead atoms. The summed E-state index contributed by atoms with van der Waals surface area (Å²) in [7, 11) is 0. The van der Waals surface area contributed by atoms with Gasteiger partial charge in [0.1, 0.15) is 5.75 Å². The monoisotopic (exact) mass is 338 g/mol. The van der Waals surface area contributed by atoms with Crippen LogP contribution in [0.4, 0.5) is 0 Å². The van der Waals surface area contributed by atoms with Gasteiger partial charge >= 0.3 is 0 Å². The zero-order valence-corrected chi connectivity index (χ0v) is 14.8. The third-order valence-corrected chi connectivity index (χ3v) is 4.74. The molecule has 132 valence electrons. The predicted octanol–water partition coefficient (Wildman–Crippen LogP) is 4.13. The van der Waals surface area contributed by atoms with Gasteiger partial charge in [-0.25, -0.2) is 0 Å². The van der Waals surface area contributed by atoms with Crippen molar-refractivity contribution < 1.29 is 9.53 Å². The second-order valence-electron chi connectivity index (χ2n) is 6.74. The number of benzene rings is 1. The van der Waals surface area contributed by atoms with Crippen molar-refractivity contribution >= 4 is 5.91 Å². The highest BCUT2D eigenvalue weighted by atomic mass is 16.5. The Balaban J connectivity index is 1.43. The number of carbonyl (C=O) groups is 1. The number of amides is 1. The summed E-state index contributed by atoms with van der Waals surface area (Å²) >= 11 is 0. The first-order valence-electron chi connectivity index (χ1n) is 9.13. The van der Waals surface area contributed by atoms with Crippen LogP contribution in [0.1, 0.15) is 55.0 Å². The van der Waals surface area contributed by atoms with Crippen LogP contribution in [0.2, 0.25) is 0 Å². The number of hydrogen-bond acceptors (Lipinski definition) is 3. The third-order valence-electron chi connectivity index (χ3n) is 4.74. The number of aryl methyl sites for hydroxylation is 1. The van der Waals surface area contributed by atoms with E-state index < -0.39 is 0 Å². The lowest BCUT2D eigenvalue weighted by molar-refractivity contribution is -0.123. The molecule has 0 atom stereocenters. The summed E-state index contributed by atoms with van der Waals surface area (Å²) in [5.41, 5.74) is 3.19. The average Bonchev–Trinajstić information content (AvgIpc) is 2.66. The van der Waals surface area contributed by atoms with Crippen molar-refractivity contribution in [3.63, 3.8) is 0 Å². The van der Waals surface area contributed by atoms with Gasteiger partial charge in [-0.1, -0.05) is 37.5 Å². The second-order valence-corrected chi connectivity index (χ2v) is 6.74. The maximum atomic E-state index is 11.9. The van der Waals surface area contributed by atoms with Crippen molar-refractivity contribution in [2.24, 2.45) is 0 Å². The van der Waals surface area contributed by atoms with Crippen molar-refractivity contribution in [3.05, 3.63) is 59.4 Å². The summed E-state index contributed by atoms with van der Waals surface area (Å²) in [6.45, 7) is 2.38. The molecule has 0 aliphatic heterocycles. The molecule has 1 saturated carbocycles. The zero-order chi connectivity index (χ0) is 17.5. The van der Waals surface area contributed by atoms with Gasteiger partial charge in [-0.3, -0.25) is 9.78 Å². The van der Waals surface area contributed by atoms with Gasteiger partial charge in [-0.15, -0.1) is 0 Å². The van der Waals surface area contributed by atoms with Crippen LogP contribution in [0.15, 0.2) is 42.5 Å². The van der Waals surface area contributed by atoms with Crippen LogP contribution in [-0.2, 0) is 11.3 Å². The van der Waals surface area contributed by atoms with Gasteiger partial charge < -0.3 is 10.1 Å². The second kappa shape index (κ2) is 8.65. The number of carbonyl (C=O) groups excluding carboxylic acids is 1. The molecule has 1 fully saturated rings. The van der Waals surface area contributed by atoms with E-state index in [4.69, 9.17) is 4.74 Å². The summed E-state index contributed by atoms with van der Waals surface area (Å²) in [5.74, 6) is 1.29. The maximum absolute atomic E-state index is 11.9. The molecule has 4 nitrogen and oxygen atoms in total. The standard InChI is InChI=1S/C21H26N2O2/c1-16-6-5-9-19(23-16)14-22-21(24)15-25-20-12-10-18(11-13-20)17-7-3-2-4-8-17/h5-6,9-13,17H,2-4,7-8,14-15H2,1H3,(H,22,24). The fourth-order valence-electron chi connectivity index (χ4n) is 3.36. The molecular weight excluding hydrogens is 312 g/mol. The van der Waals surface area contributed by atoms with Crippen molar-refractivity contribution in [1.82, 2.24) is 10.3 Å². The largest absolute Gasteiger partial charge is 0.484 e. The quantitative estimate of drug-likeness (QED) is 0.861. The Morgan fingerprint density at radius 1 is 1.12 bits per heavy atom. The van der Waals surface area contributed by atoms with E-state index in [1.165, 1.54) is 37.7 Å². The van der Waals surface area contributed by atoms with Crippen LogP contribution in [0.25, 0.3) is 0 Å². The number of hydrogen-bond donors (Lipinski definition) is 1. The molecule has 1 aromatic carbocycles. The fraction of sp³-hybridized carbons (Fsp3) is 0.429. The molecule has 0 saturated heterocycles. The highest BCUT2D eigenvalue weighted by molar-refractivity contribution is 5.77. The van der Waals surface area contributed by atoms with Crippen LogP contribution in [0.5, 0.6) is 5.75 Å². The number of nitrogens with one attached hydrogen (secondary N) is 1. The molecule has 0 unspecified atom stereocenters. The van der Waals surface area contributed by atoms with E-state index in [-0.39, 0.29) is 12.5 Å². The number of pyridine rings is 1. The maximum Gasteiger partial charge on any atom is 0.258 e. The highest BCUT2D eigenvalue weighted by Gasteiger charge is 2.15. The first-order valence-corrected chi connectivity index (χ1v) is 9.13. The third kappa shape index (κ3) is 5.31. The molecule has 1 aliphatic carbocycles.